The van der Waals surface area contributed by atoms with Crippen molar-refractivity contribution in [3.63, 3.8) is 0 Å². The number of amides is 1. The second-order valence-corrected chi connectivity index (χ2v) is 9.77. The van der Waals surface area contributed by atoms with Gasteiger partial charge in [0.1, 0.15) is 12.4 Å². The van der Waals surface area contributed by atoms with Gasteiger partial charge in [-0.2, -0.15) is 5.10 Å². The van der Waals surface area contributed by atoms with Gasteiger partial charge >= 0.3 is 0 Å². The lowest BCUT2D eigenvalue weighted by Crippen LogP contribution is -2.17. The Bertz CT molecular complexity index is 1140. The molecule has 0 fully saturated rings. The van der Waals surface area contributed by atoms with E-state index in [1.54, 1.807) is 24.4 Å². The van der Waals surface area contributed by atoms with Crippen molar-refractivity contribution in [3.05, 3.63) is 84.7 Å². The first kappa shape index (κ1) is 26.2. The summed E-state index contributed by atoms with van der Waals surface area (Å²) >= 11 is 10.5. The number of rotatable bonds is 10. The van der Waals surface area contributed by atoms with Crippen molar-refractivity contribution in [2.45, 2.75) is 20.0 Å². The second kappa shape index (κ2) is 12.9. The van der Waals surface area contributed by atoms with Crippen molar-refractivity contribution in [3.8, 4) is 17.2 Å². The Morgan fingerprint density at radius 3 is 2.32 bits per heavy atom. The molecule has 3 rings (SSSR count). The Labute approximate surface area is 224 Å². The lowest BCUT2D eigenvalue weighted by atomic mass is 10.2. The lowest BCUT2D eigenvalue weighted by Gasteiger charge is -2.12. The zero-order valence-electron chi connectivity index (χ0n) is 18.6. The molecule has 0 spiro atoms. The smallest absolute Gasteiger partial charge is 0.271 e. The number of nitrogens with zero attached hydrogens (tertiary/aromatic N) is 1. The number of hydrogen-bond donors (Lipinski definition) is 1. The fraction of sp³-hybridized carbons (Fsp3) is 0.200. The van der Waals surface area contributed by atoms with Gasteiger partial charge in [-0.25, -0.2) is 5.43 Å². The van der Waals surface area contributed by atoms with E-state index in [0.717, 1.165) is 31.0 Å². The number of methoxy groups -OCH3 is 1. The first-order valence-corrected chi connectivity index (χ1v) is 12.8. The third-order valence-electron chi connectivity index (χ3n) is 4.58. The maximum absolute atomic E-state index is 12.5. The molecule has 178 valence electrons. The van der Waals surface area contributed by atoms with Crippen LogP contribution in [0.3, 0.4) is 0 Å². The highest BCUT2D eigenvalue weighted by molar-refractivity contribution is 9.11. The molecule has 1 amide bonds. The molecule has 0 saturated carbocycles. The summed E-state index contributed by atoms with van der Waals surface area (Å²) in [7, 11) is 1.54. The summed E-state index contributed by atoms with van der Waals surface area (Å²) in [5.74, 6) is 1.42. The summed E-state index contributed by atoms with van der Waals surface area (Å²) < 4.78 is 19.5. The average molecular weight is 655 g/mol. The molecule has 0 aromatic heterocycles. The highest BCUT2D eigenvalue weighted by Gasteiger charge is 2.12. The molecule has 0 aliphatic heterocycles. The number of ether oxygens (including phenoxy) is 3. The summed E-state index contributed by atoms with van der Waals surface area (Å²) in [6.07, 6.45) is 2.44. The first-order valence-electron chi connectivity index (χ1n) is 10.4. The topological polar surface area (TPSA) is 69.2 Å². The molecule has 0 radical (unpaired) electrons. The Balaban J connectivity index is 1.63. The van der Waals surface area contributed by atoms with Crippen LogP contribution in [0.5, 0.6) is 17.2 Å². The summed E-state index contributed by atoms with van der Waals surface area (Å²) in [5, 5.41) is 4.08. The summed E-state index contributed by atoms with van der Waals surface area (Å²) in [4.78, 5) is 12.5. The number of hydrazone groups is 1. The fourth-order valence-corrected chi connectivity index (χ4v) is 4.61. The van der Waals surface area contributed by atoms with Gasteiger partial charge in [-0.1, -0.05) is 35.0 Å². The van der Waals surface area contributed by atoms with Crippen LogP contribution in [0.25, 0.3) is 0 Å². The van der Waals surface area contributed by atoms with E-state index in [1.165, 1.54) is 7.11 Å². The summed E-state index contributed by atoms with van der Waals surface area (Å²) in [5.41, 5.74) is 4.78. The Kier molecular flexibility index (Phi) is 9.98. The van der Waals surface area contributed by atoms with Gasteiger partial charge in [0.25, 0.3) is 5.91 Å². The maximum Gasteiger partial charge on any atom is 0.271 e. The van der Waals surface area contributed by atoms with Gasteiger partial charge in [-0.3, -0.25) is 4.79 Å². The predicted molar refractivity (Wildman–Crippen MR) is 144 cm³/mol. The molecule has 6 nitrogen and oxygen atoms in total. The number of hydrogen-bond acceptors (Lipinski definition) is 5. The fourth-order valence-electron chi connectivity index (χ4n) is 2.90. The van der Waals surface area contributed by atoms with Gasteiger partial charge < -0.3 is 14.2 Å². The van der Waals surface area contributed by atoms with Crippen LogP contribution in [-0.4, -0.2) is 25.8 Å². The Morgan fingerprint density at radius 2 is 1.68 bits per heavy atom. The number of carbonyl (C=O) groups excluding carboxylic acids is 1. The van der Waals surface area contributed by atoms with E-state index in [2.05, 4.69) is 58.3 Å². The highest BCUT2D eigenvalue weighted by atomic mass is 79.9. The van der Waals surface area contributed by atoms with Crippen molar-refractivity contribution >= 4 is 59.9 Å². The van der Waals surface area contributed by atoms with Crippen LogP contribution in [0.1, 0.15) is 34.8 Å². The normalized spacial score (nSPS) is 10.9. The van der Waals surface area contributed by atoms with E-state index in [9.17, 15) is 4.79 Å². The van der Waals surface area contributed by atoms with E-state index in [0.29, 0.717) is 36.0 Å². The van der Waals surface area contributed by atoms with E-state index in [1.807, 2.05) is 43.3 Å². The van der Waals surface area contributed by atoms with Crippen LogP contribution in [-0.2, 0) is 6.61 Å². The minimum absolute atomic E-state index is 0.357. The van der Waals surface area contributed by atoms with Crippen molar-refractivity contribution in [1.29, 1.82) is 0 Å². The molecule has 0 saturated heterocycles. The Morgan fingerprint density at radius 1 is 0.971 bits per heavy atom. The maximum atomic E-state index is 12.5. The third-order valence-corrected chi connectivity index (χ3v) is 6.29. The predicted octanol–water partition coefficient (Wildman–Crippen LogP) is 7.11. The Hall–Kier alpha value is -2.36. The molecule has 0 aliphatic carbocycles. The summed E-state index contributed by atoms with van der Waals surface area (Å²) in [6, 6.07) is 16.7. The van der Waals surface area contributed by atoms with Crippen LogP contribution < -0.4 is 19.6 Å². The van der Waals surface area contributed by atoms with Crippen molar-refractivity contribution in [2.75, 3.05) is 13.7 Å². The van der Waals surface area contributed by atoms with Gasteiger partial charge in [0.05, 0.1) is 28.9 Å². The summed E-state index contributed by atoms with van der Waals surface area (Å²) in [6.45, 7) is 3.03. The molecular weight excluding hydrogens is 632 g/mol. The first-order chi connectivity index (χ1) is 16.4. The van der Waals surface area contributed by atoms with E-state index in [-0.39, 0.29) is 5.91 Å². The van der Waals surface area contributed by atoms with Crippen LogP contribution in [0.15, 0.2) is 73.1 Å². The highest BCUT2D eigenvalue weighted by Crippen LogP contribution is 2.35. The van der Waals surface area contributed by atoms with Gasteiger partial charge in [0.15, 0.2) is 11.5 Å². The van der Waals surface area contributed by atoms with Crippen LogP contribution in [0, 0.1) is 0 Å². The van der Waals surface area contributed by atoms with Crippen LogP contribution in [0.4, 0.5) is 0 Å². The second-order valence-electron chi connectivity index (χ2n) is 7.14. The van der Waals surface area contributed by atoms with Crippen molar-refractivity contribution < 1.29 is 19.0 Å². The number of nitrogens with one attached hydrogen (secondary N) is 1. The monoisotopic (exact) mass is 652 g/mol. The molecule has 0 unspecified atom stereocenters. The quantitative estimate of drug-likeness (QED) is 0.187. The van der Waals surface area contributed by atoms with Gasteiger partial charge in [0, 0.05) is 10.0 Å². The van der Waals surface area contributed by atoms with Gasteiger partial charge in [0.2, 0.25) is 0 Å². The standard InChI is InChI=1S/C25H23Br3N2O4/c1-3-10-33-22-9-6-18(13-23(22)32-2)25(31)30-29-14-17-11-20(27)24(21(28)12-17)34-15-16-4-7-19(26)8-5-16/h4-9,11-14H,3,10,15H2,1-2H3,(H,30,31)/b29-14+. The van der Waals surface area contributed by atoms with Crippen molar-refractivity contribution in [1.82, 2.24) is 5.43 Å². The minimum atomic E-state index is -0.357. The minimum Gasteiger partial charge on any atom is -0.493 e. The van der Waals surface area contributed by atoms with E-state index < -0.39 is 0 Å². The molecule has 34 heavy (non-hydrogen) atoms. The van der Waals surface area contributed by atoms with Gasteiger partial charge in [-0.15, -0.1) is 0 Å². The molecule has 0 bridgehead atoms. The SMILES string of the molecule is CCCOc1ccc(C(=O)N/N=C/c2cc(Br)c(OCc3ccc(Br)cc3)c(Br)c2)cc1OC. The van der Waals surface area contributed by atoms with Gasteiger partial charge in [-0.05, 0) is 91.9 Å². The van der Waals surface area contributed by atoms with Crippen LogP contribution in [0.2, 0.25) is 0 Å². The molecule has 0 aliphatic rings. The average Bonchev–Trinajstić information content (AvgIpc) is 2.83. The van der Waals surface area contributed by atoms with E-state index >= 15 is 0 Å². The number of benzene rings is 3. The molecule has 0 atom stereocenters. The molecular formula is C25H23Br3N2O4. The number of carbonyl (C=O) groups is 1. The molecule has 3 aromatic rings. The number of halogens is 3. The zero-order chi connectivity index (χ0) is 24.5. The van der Waals surface area contributed by atoms with Crippen molar-refractivity contribution in [2.24, 2.45) is 5.10 Å². The molecule has 1 N–H and O–H groups in total. The zero-order valence-corrected chi connectivity index (χ0v) is 23.4. The lowest BCUT2D eigenvalue weighted by molar-refractivity contribution is 0.0954. The largest absolute Gasteiger partial charge is 0.493 e. The van der Waals surface area contributed by atoms with Crippen LogP contribution >= 0.6 is 47.8 Å². The molecule has 0 heterocycles. The molecule has 3 aromatic carbocycles. The third kappa shape index (κ3) is 7.32. The molecule has 9 heteroatoms. The van der Waals surface area contributed by atoms with E-state index in [4.69, 9.17) is 14.2 Å².